The second kappa shape index (κ2) is 7.51. The molecular formula is C17H16Cl3N3O. The normalized spacial score (nSPS) is 14.6. The number of anilines is 2. The highest BCUT2D eigenvalue weighted by atomic mass is 35.5. The van der Waals surface area contributed by atoms with Gasteiger partial charge in [0.15, 0.2) is 0 Å². The third-order valence-corrected chi connectivity index (χ3v) is 4.89. The van der Waals surface area contributed by atoms with Crippen LogP contribution in [0.2, 0.25) is 15.1 Å². The Hall–Kier alpha value is -1.62. The molecule has 1 aliphatic rings. The summed E-state index contributed by atoms with van der Waals surface area (Å²) in [5, 5.41) is 4.44. The van der Waals surface area contributed by atoms with Crippen LogP contribution >= 0.6 is 34.8 Å². The third kappa shape index (κ3) is 4.07. The van der Waals surface area contributed by atoms with Gasteiger partial charge in [-0.3, -0.25) is 0 Å². The molecular weight excluding hydrogens is 369 g/mol. The van der Waals surface area contributed by atoms with Gasteiger partial charge in [-0.05, 0) is 36.4 Å². The maximum absolute atomic E-state index is 12.4. The number of halogens is 3. The largest absolute Gasteiger partial charge is 0.368 e. The molecule has 2 aromatic carbocycles. The first-order valence-electron chi connectivity index (χ1n) is 7.54. The predicted molar refractivity (Wildman–Crippen MR) is 101 cm³/mol. The number of benzene rings is 2. The van der Waals surface area contributed by atoms with Gasteiger partial charge in [0.25, 0.3) is 0 Å². The Kier molecular flexibility index (Phi) is 5.39. The highest BCUT2D eigenvalue weighted by molar-refractivity contribution is 6.42. The number of hydrogen-bond acceptors (Lipinski definition) is 2. The van der Waals surface area contributed by atoms with Crippen molar-refractivity contribution in [2.45, 2.75) is 0 Å². The molecule has 4 nitrogen and oxygen atoms in total. The van der Waals surface area contributed by atoms with E-state index in [1.165, 1.54) is 0 Å². The molecule has 0 saturated carbocycles. The third-order valence-electron chi connectivity index (χ3n) is 3.91. The fraction of sp³-hybridized carbons (Fsp3) is 0.235. The number of carbonyl (C=O) groups is 1. The first-order chi connectivity index (χ1) is 11.5. The number of nitrogens with zero attached hydrogens (tertiary/aromatic N) is 2. The van der Waals surface area contributed by atoms with Gasteiger partial charge >= 0.3 is 6.03 Å². The van der Waals surface area contributed by atoms with E-state index in [1.807, 2.05) is 24.3 Å². The van der Waals surface area contributed by atoms with E-state index in [2.05, 4.69) is 10.2 Å². The summed E-state index contributed by atoms with van der Waals surface area (Å²) >= 11 is 17.9. The van der Waals surface area contributed by atoms with Gasteiger partial charge in [0.2, 0.25) is 0 Å². The van der Waals surface area contributed by atoms with Crippen LogP contribution in [0.3, 0.4) is 0 Å². The number of amides is 2. The Morgan fingerprint density at radius 3 is 2.33 bits per heavy atom. The molecule has 0 aliphatic carbocycles. The molecule has 1 aliphatic heterocycles. The van der Waals surface area contributed by atoms with Crippen LogP contribution in [0.15, 0.2) is 42.5 Å². The smallest absolute Gasteiger partial charge is 0.321 e. The lowest BCUT2D eigenvalue weighted by atomic mass is 10.2. The van der Waals surface area contributed by atoms with Crippen LogP contribution in [-0.4, -0.2) is 37.1 Å². The van der Waals surface area contributed by atoms with Crippen LogP contribution in [0.4, 0.5) is 16.2 Å². The van der Waals surface area contributed by atoms with Crippen LogP contribution < -0.4 is 10.2 Å². The highest BCUT2D eigenvalue weighted by Crippen LogP contribution is 2.25. The van der Waals surface area contributed by atoms with Crippen molar-refractivity contribution in [1.29, 1.82) is 0 Å². The molecule has 2 amide bonds. The van der Waals surface area contributed by atoms with E-state index >= 15 is 0 Å². The molecule has 0 aromatic heterocycles. The molecule has 0 atom stereocenters. The molecule has 3 rings (SSSR count). The molecule has 0 radical (unpaired) electrons. The summed E-state index contributed by atoms with van der Waals surface area (Å²) in [6.45, 7) is 2.80. The van der Waals surface area contributed by atoms with Crippen LogP contribution in [-0.2, 0) is 0 Å². The Bertz CT molecular complexity index is 746. The van der Waals surface area contributed by atoms with Gasteiger partial charge in [-0.1, -0.05) is 40.9 Å². The lowest BCUT2D eigenvalue weighted by Crippen LogP contribution is -2.50. The summed E-state index contributed by atoms with van der Waals surface area (Å²) < 4.78 is 0. The average Bonchev–Trinajstić information content (AvgIpc) is 2.58. The van der Waals surface area contributed by atoms with Gasteiger partial charge < -0.3 is 15.1 Å². The Labute approximate surface area is 155 Å². The van der Waals surface area contributed by atoms with Gasteiger partial charge in [-0.15, -0.1) is 0 Å². The molecule has 1 heterocycles. The number of urea groups is 1. The van der Waals surface area contributed by atoms with Crippen molar-refractivity contribution in [3.05, 3.63) is 57.5 Å². The van der Waals surface area contributed by atoms with Gasteiger partial charge in [0.1, 0.15) is 0 Å². The molecule has 0 unspecified atom stereocenters. The second-order valence-electron chi connectivity index (χ2n) is 5.51. The summed E-state index contributed by atoms with van der Waals surface area (Å²) in [7, 11) is 0. The predicted octanol–water partition coefficient (Wildman–Crippen LogP) is 5.00. The van der Waals surface area contributed by atoms with Crippen molar-refractivity contribution in [3.8, 4) is 0 Å². The van der Waals surface area contributed by atoms with Crippen molar-refractivity contribution < 1.29 is 4.79 Å². The molecule has 126 valence electrons. The Balaban J connectivity index is 1.58. The van der Waals surface area contributed by atoms with Gasteiger partial charge in [0.05, 0.1) is 10.0 Å². The van der Waals surface area contributed by atoms with Crippen LogP contribution in [0.1, 0.15) is 0 Å². The maximum Gasteiger partial charge on any atom is 0.321 e. The number of rotatable bonds is 2. The minimum Gasteiger partial charge on any atom is -0.368 e. The quantitative estimate of drug-likeness (QED) is 0.791. The van der Waals surface area contributed by atoms with Crippen molar-refractivity contribution in [2.75, 3.05) is 36.4 Å². The summed E-state index contributed by atoms with van der Waals surface area (Å²) in [5.41, 5.74) is 1.71. The fourth-order valence-corrected chi connectivity index (χ4v) is 3.10. The van der Waals surface area contributed by atoms with E-state index in [4.69, 9.17) is 34.8 Å². The molecule has 2 aromatic rings. The zero-order valence-corrected chi connectivity index (χ0v) is 15.1. The second-order valence-corrected chi connectivity index (χ2v) is 6.76. The first-order valence-corrected chi connectivity index (χ1v) is 8.68. The molecule has 7 heteroatoms. The van der Waals surface area contributed by atoms with E-state index in [0.29, 0.717) is 33.8 Å². The molecule has 1 saturated heterocycles. The topological polar surface area (TPSA) is 35.6 Å². The lowest BCUT2D eigenvalue weighted by molar-refractivity contribution is 0.208. The van der Waals surface area contributed by atoms with E-state index in [9.17, 15) is 4.79 Å². The fourth-order valence-electron chi connectivity index (χ4n) is 2.62. The summed E-state index contributed by atoms with van der Waals surface area (Å²) in [4.78, 5) is 16.4. The molecule has 1 N–H and O–H groups in total. The molecule has 0 spiro atoms. The minimum absolute atomic E-state index is 0.140. The van der Waals surface area contributed by atoms with Crippen molar-refractivity contribution in [3.63, 3.8) is 0 Å². The van der Waals surface area contributed by atoms with Crippen molar-refractivity contribution in [2.24, 2.45) is 0 Å². The van der Waals surface area contributed by atoms with Crippen molar-refractivity contribution >= 4 is 52.2 Å². The minimum atomic E-state index is -0.140. The Morgan fingerprint density at radius 2 is 1.67 bits per heavy atom. The highest BCUT2D eigenvalue weighted by Gasteiger charge is 2.21. The average molecular weight is 385 g/mol. The van der Waals surface area contributed by atoms with Gasteiger partial charge in [-0.2, -0.15) is 0 Å². The lowest BCUT2D eigenvalue weighted by Gasteiger charge is -2.36. The first kappa shape index (κ1) is 17.2. The zero-order valence-electron chi connectivity index (χ0n) is 12.8. The van der Waals surface area contributed by atoms with Gasteiger partial charge in [0, 0.05) is 42.6 Å². The summed E-state index contributed by atoms with van der Waals surface area (Å²) in [6, 6.07) is 12.6. The molecule has 24 heavy (non-hydrogen) atoms. The van der Waals surface area contributed by atoms with Crippen LogP contribution in [0.5, 0.6) is 0 Å². The monoisotopic (exact) mass is 383 g/mol. The van der Waals surface area contributed by atoms with E-state index in [1.54, 1.807) is 23.1 Å². The Morgan fingerprint density at radius 1 is 0.917 bits per heavy atom. The number of nitrogens with one attached hydrogen (secondary N) is 1. The summed E-state index contributed by atoms with van der Waals surface area (Å²) in [5.74, 6) is 0. The summed E-state index contributed by atoms with van der Waals surface area (Å²) in [6.07, 6.45) is 0. The molecule has 0 bridgehead atoms. The van der Waals surface area contributed by atoms with E-state index in [-0.39, 0.29) is 6.03 Å². The van der Waals surface area contributed by atoms with Crippen LogP contribution in [0, 0.1) is 0 Å². The SMILES string of the molecule is O=C(Nc1ccc(Cl)c(Cl)c1)N1CCN(c2cccc(Cl)c2)CC1. The maximum atomic E-state index is 12.4. The molecule has 1 fully saturated rings. The van der Waals surface area contributed by atoms with E-state index < -0.39 is 0 Å². The number of piperazine rings is 1. The van der Waals surface area contributed by atoms with Crippen molar-refractivity contribution in [1.82, 2.24) is 4.90 Å². The number of hydrogen-bond donors (Lipinski definition) is 1. The van der Waals surface area contributed by atoms with E-state index in [0.717, 1.165) is 18.8 Å². The van der Waals surface area contributed by atoms with Crippen LogP contribution in [0.25, 0.3) is 0 Å². The van der Waals surface area contributed by atoms with Gasteiger partial charge in [-0.25, -0.2) is 4.79 Å². The number of carbonyl (C=O) groups excluding carboxylic acids is 1. The standard InChI is InChI=1S/C17H16Cl3N3O/c18-12-2-1-3-14(10-12)22-6-8-23(9-7-22)17(24)21-13-4-5-15(19)16(20)11-13/h1-5,10-11H,6-9H2,(H,21,24). The zero-order chi connectivity index (χ0) is 17.1.